The highest BCUT2D eigenvalue weighted by atomic mass is 16.5. The quantitative estimate of drug-likeness (QED) is 0.919. The predicted molar refractivity (Wildman–Crippen MR) is 82.0 cm³/mol. The fourth-order valence-corrected chi connectivity index (χ4v) is 2.20. The molecule has 0 saturated carbocycles. The Bertz CT molecular complexity index is 653. The first-order valence-electron chi connectivity index (χ1n) is 7.13. The maximum atomic E-state index is 12.2. The Labute approximate surface area is 128 Å². The van der Waals surface area contributed by atoms with E-state index in [0.717, 1.165) is 24.5 Å². The first-order chi connectivity index (χ1) is 10.7. The summed E-state index contributed by atoms with van der Waals surface area (Å²) in [5, 5.41) is 10.9. The van der Waals surface area contributed by atoms with E-state index in [1.807, 2.05) is 19.1 Å². The number of pyridine rings is 1. The topological polar surface area (TPSA) is 80.2 Å². The van der Waals surface area contributed by atoms with Crippen molar-refractivity contribution in [1.29, 1.82) is 0 Å². The van der Waals surface area contributed by atoms with Crippen LogP contribution >= 0.6 is 0 Å². The maximum Gasteiger partial charge on any atom is 0.277 e. The minimum atomic E-state index is -0.317. The van der Waals surface area contributed by atoms with Gasteiger partial charge in [0.1, 0.15) is 5.82 Å². The van der Waals surface area contributed by atoms with Gasteiger partial charge in [0.05, 0.1) is 13.2 Å². The minimum Gasteiger partial charge on any atom is -0.378 e. The molecule has 0 spiro atoms. The molecule has 0 atom stereocenters. The number of hydrogen-bond acceptors (Lipinski definition) is 6. The summed E-state index contributed by atoms with van der Waals surface area (Å²) in [6.45, 7) is 4.82. The highest BCUT2D eigenvalue weighted by molar-refractivity contribution is 6.02. The Morgan fingerprint density at radius 2 is 2.05 bits per heavy atom. The van der Waals surface area contributed by atoms with Crippen molar-refractivity contribution in [3.8, 4) is 0 Å². The van der Waals surface area contributed by atoms with E-state index >= 15 is 0 Å². The van der Waals surface area contributed by atoms with Gasteiger partial charge in [0.15, 0.2) is 11.5 Å². The summed E-state index contributed by atoms with van der Waals surface area (Å²) in [4.78, 5) is 18.4. The van der Waals surface area contributed by atoms with Crippen molar-refractivity contribution < 1.29 is 9.53 Å². The molecule has 2 aromatic heterocycles. The summed E-state index contributed by atoms with van der Waals surface area (Å²) in [7, 11) is 0. The Balaban J connectivity index is 1.69. The average molecular weight is 299 g/mol. The second-order valence-electron chi connectivity index (χ2n) is 5.00. The van der Waals surface area contributed by atoms with Gasteiger partial charge < -0.3 is 15.0 Å². The molecule has 1 amide bonds. The molecule has 1 aliphatic rings. The lowest BCUT2D eigenvalue weighted by Crippen LogP contribution is -2.37. The van der Waals surface area contributed by atoms with Gasteiger partial charge in [0.2, 0.25) is 0 Å². The molecular weight excluding hydrogens is 282 g/mol. The van der Waals surface area contributed by atoms with Crippen molar-refractivity contribution in [1.82, 2.24) is 15.2 Å². The van der Waals surface area contributed by atoms with Gasteiger partial charge in [-0.05, 0) is 30.7 Å². The van der Waals surface area contributed by atoms with Crippen LogP contribution in [0.1, 0.15) is 16.1 Å². The van der Waals surface area contributed by atoms with Crippen LogP contribution in [-0.2, 0) is 4.74 Å². The smallest absolute Gasteiger partial charge is 0.277 e. The number of rotatable bonds is 3. The van der Waals surface area contributed by atoms with Crippen LogP contribution in [0.4, 0.5) is 11.6 Å². The molecule has 114 valence electrons. The number of carbonyl (C=O) groups excluding carboxylic acids is 1. The molecule has 0 aliphatic carbocycles. The Morgan fingerprint density at radius 3 is 2.73 bits per heavy atom. The molecule has 1 saturated heterocycles. The van der Waals surface area contributed by atoms with E-state index < -0.39 is 0 Å². The maximum absolute atomic E-state index is 12.2. The monoisotopic (exact) mass is 299 g/mol. The molecule has 1 aliphatic heterocycles. The van der Waals surface area contributed by atoms with Crippen molar-refractivity contribution in [3.63, 3.8) is 0 Å². The molecule has 2 aromatic rings. The van der Waals surface area contributed by atoms with Crippen LogP contribution < -0.4 is 10.2 Å². The summed E-state index contributed by atoms with van der Waals surface area (Å²) in [5.74, 6) is 0.975. The predicted octanol–water partition coefficient (Wildman–Crippen LogP) is 1.27. The van der Waals surface area contributed by atoms with Crippen LogP contribution in [0.25, 0.3) is 0 Å². The van der Waals surface area contributed by atoms with E-state index in [0.29, 0.717) is 19.0 Å². The van der Waals surface area contributed by atoms with Gasteiger partial charge >= 0.3 is 0 Å². The number of amides is 1. The first kappa shape index (κ1) is 14.4. The molecule has 1 fully saturated rings. The summed E-state index contributed by atoms with van der Waals surface area (Å²) in [5.41, 5.74) is 1.16. The van der Waals surface area contributed by atoms with Crippen LogP contribution in [0, 0.1) is 6.92 Å². The summed E-state index contributed by atoms with van der Waals surface area (Å²) in [6, 6.07) is 7.18. The third kappa shape index (κ3) is 3.20. The van der Waals surface area contributed by atoms with Crippen molar-refractivity contribution in [2.24, 2.45) is 0 Å². The summed E-state index contributed by atoms with van der Waals surface area (Å²) < 4.78 is 5.30. The summed E-state index contributed by atoms with van der Waals surface area (Å²) in [6.07, 6.45) is 1.63. The molecule has 22 heavy (non-hydrogen) atoms. The zero-order valence-electron chi connectivity index (χ0n) is 12.3. The van der Waals surface area contributed by atoms with E-state index in [2.05, 4.69) is 25.4 Å². The van der Waals surface area contributed by atoms with Gasteiger partial charge in [-0.15, -0.1) is 10.2 Å². The van der Waals surface area contributed by atoms with Gasteiger partial charge in [-0.3, -0.25) is 4.79 Å². The molecule has 0 bridgehead atoms. The second-order valence-corrected chi connectivity index (χ2v) is 5.00. The van der Waals surface area contributed by atoms with E-state index in [9.17, 15) is 4.79 Å². The van der Waals surface area contributed by atoms with Gasteiger partial charge in [0.25, 0.3) is 5.91 Å². The molecule has 0 radical (unpaired) electrons. The van der Waals surface area contributed by atoms with E-state index in [4.69, 9.17) is 4.74 Å². The molecule has 7 heteroatoms. The highest BCUT2D eigenvalue weighted by Crippen LogP contribution is 2.13. The Morgan fingerprint density at radius 1 is 1.23 bits per heavy atom. The highest BCUT2D eigenvalue weighted by Gasteiger charge is 2.15. The standard InChI is InChI=1S/C15H17N5O2/c1-11-3-2-6-16-14(11)17-15(21)12-4-5-13(19-18-12)20-7-9-22-10-8-20/h2-6H,7-10H2,1H3,(H,16,17,21). The second kappa shape index (κ2) is 6.48. The largest absolute Gasteiger partial charge is 0.378 e. The van der Waals surface area contributed by atoms with Crippen molar-refractivity contribution in [3.05, 3.63) is 41.7 Å². The molecule has 1 N–H and O–H groups in total. The third-order valence-corrected chi connectivity index (χ3v) is 3.46. The van der Waals surface area contributed by atoms with Gasteiger partial charge in [-0.25, -0.2) is 4.98 Å². The number of anilines is 2. The van der Waals surface area contributed by atoms with Crippen LogP contribution in [0.2, 0.25) is 0 Å². The number of aromatic nitrogens is 3. The normalized spacial score (nSPS) is 14.7. The zero-order chi connectivity index (χ0) is 15.4. The summed E-state index contributed by atoms with van der Waals surface area (Å²) >= 11 is 0. The molecular formula is C15H17N5O2. The Kier molecular flexibility index (Phi) is 4.24. The number of hydrogen-bond donors (Lipinski definition) is 1. The number of ether oxygens (including phenoxy) is 1. The van der Waals surface area contributed by atoms with E-state index in [1.165, 1.54) is 0 Å². The fourth-order valence-electron chi connectivity index (χ4n) is 2.20. The van der Waals surface area contributed by atoms with Gasteiger partial charge in [-0.1, -0.05) is 6.07 Å². The lowest BCUT2D eigenvalue weighted by atomic mass is 10.3. The van der Waals surface area contributed by atoms with Crippen molar-refractivity contribution in [2.45, 2.75) is 6.92 Å². The van der Waals surface area contributed by atoms with Crippen molar-refractivity contribution in [2.75, 3.05) is 36.5 Å². The number of nitrogens with zero attached hydrogens (tertiary/aromatic N) is 4. The van der Waals surface area contributed by atoms with Crippen LogP contribution in [0.15, 0.2) is 30.5 Å². The first-order valence-corrected chi connectivity index (χ1v) is 7.13. The Hall–Kier alpha value is -2.54. The molecule has 0 unspecified atom stereocenters. The fraction of sp³-hybridized carbons (Fsp3) is 0.333. The molecule has 7 nitrogen and oxygen atoms in total. The van der Waals surface area contributed by atoms with Crippen molar-refractivity contribution >= 4 is 17.5 Å². The van der Waals surface area contributed by atoms with Gasteiger partial charge in [0, 0.05) is 19.3 Å². The molecule has 0 aromatic carbocycles. The zero-order valence-corrected chi connectivity index (χ0v) is 12.3. The van der Waals surface area contributed by atoms with E-state index in [-0.39, 0.29) is 11.6 Å². The average Bonchev–Trinajstić information content (AvgIpc) is 2.58. The number of nitrogens with one attached hydrogen (secondary N) is 1. The molecule has 3 rings (SSSR count). The number of carbonyl (C=O) groups is 1. The van der Waals surface area contributed by atoms with Crippen LogP contribution in [-0.4, -0.2) is 47.4 Å². The van der Waals surface area contributed by atoms with Crippen LogP contribution in [0.5, 0.6) is 0 Å². The van der Waals surface area contributed by atoms with Crippen LogP contribution in [0.3, 0.4) is 0 Å². The number of aryl methyl sites for hydroxylation is 1. The minimum absolute atomic E-state index is 0.266. The molecule has 3 heterocycles. The number of morpholine rings is 1. The lowest BCUT2D eigenvalue weighted by molar-refractivity contribution is 0.102. The third-order valence-electron chi connectivity index (χ3n) is 3.46. The SMILES string of the molecule is Cc1cccnc1NC(=O)c1ccc(N2CCOCC2)nn1. The van der Waals surface area contributed by atoms with E-state index in [1.54, 1.807) is 18.3 Å². The van der Waals surface area contributed by atoms with Gasteiger partial charge in [-0.2, -0.15) is 0 Å². The lowest BCUT2D eigenvalue weighted by Gasteiger charge is -2.27.